The molecule has 2 N–H and O–H groups in total. The Balaban J connectivity index is 2.25. The van der Waals surface area contributed by atoms with Crippen molar-refractivity contribution in [3.8, 4) is 11.5 Å². The first-order valence-corrected chi connectivity index (χ1v) is 6.37. The van der Waals surface area contributed by atoms with Crippen molar-refractivity contribution >= 4 is 28.9 Å². The largest absolute Gasteiger partial charge is 0.455 e. The standard InChI is InChI=1S/C14H13Cl2NO/c1-2-9-3-5-10(6-4-9)18-14-8-12(16)11(15)7-13(14)17/h3-8H,2,17H2,1H3. The number of ether oxygens (including phenoxy) is 1. The number of nitrogens with two attached hydrogens (primary N) is 1. The minimum Gasteiger partial charge on any atom is -0.455 e. The monoisotopic (exact) mass is 281 g/mol. The molecule has 2 nitrogen and oxygen atoms in total. The van der Waals surface area contributed by atoms with Crippen molar-refractivity contribution in [2.24, 2.45) is 0 Å². The third kappa shape index (κ3) is 2.89. The summed E-state index contributed by atoms with van der Waals surface area (Å²) in [6.07, 6.45) is 0.995. The molecular formula is C14H13Cl2NO. The fraction of sp³-hybridized carbons (Fsp3) is 0.143. The zero-order valence-corrected chi connectivity index (χ0v) is 11.4. The van der Waals surface area contributed by atoms with Crippen LogP contribution in [0.3, 0.4) is 0 Å². The van der Waals surface area contributed by atoms with Gasteiger partial charge in [-0.15, -0.1) is 0 Å². The molecule has 2 aromatic carbocycles. The van der Waals surface area contributed by atoms with E-state index in [1.54, 1.807) is 12.1 Å². The normalized spacial score (nSPS) is 10.4. The van der Waals surface area contributed by atoms with Gasteiger partial charge in [0, 0.05) is 6.07 Å². The Labute approximate surface area is 116 Å². The quantitative estimate of drug-likeness (QED) is 0.810. The molecular weight excluding hydrogens is 269 g/mol. The number of benzene rings is 2. The predicted octanol–water partition coefficient (Wildman–Crippen LogP) is 4.93. The molecule has 0 bridgehead atoms. The lowest BCUT2D eigenvalue weighted by atomic mass is 10.2. The summed E-state index contributed by atoms with van der Waals surface area (Å²) in [5.41, 5.74) is 7.54. The van der Waals surface area contributed by atoms with Crippen LogP contribution in [-0.2, 0) is 6.42 Å². The van der Waals surface area contributed by atoms with Gasteiger partial charge in [-0.2, -0.15) is 0 Å². The number of anilines is 1. The zero-order chi connectivity index (χ0) is 13.1. The van der Waals surface area contributed by atoms with Gasteiger partial charge in [-0.3, -0.25) is 0 Å². The highest BCUT2D eigenvalue weighted by molar-refractivity contribution is 6.42. The first-order chi connectivity index (χ1) is 8.60. The van der Waals surface area contributed by atoms with Crippen molar-refractivity contribution in [3.05, 3.63) is 52.0 Å². The van der Waals surface area contributed by atoms with Crippen LogP contribution in [0.15, 0.2) is 36.4 Å². The topological polar surface area (TPSA) is 35.2 Å². The maximum absolute atomic E-state index is 5.93. The Bertz CT molecular complexity index is 552. The molecule has 0 aromatic heterocycles. The van der Waals surface area contributed by atoms with Gasteiger partial charge in [-0.1, -0.05) is 42.3 Å². The Morgan fingerprint density at radius 1 is 1.06 bits per heavy atom. The molecule has 0 spiro atoms. The van der Waals surface area contributed by atoms with Gasteiger partial charge in [0.25, 0.3) is 0 Å². The summed E-state index contributed by atoms with van der Waals surface area (Å²) in [6, 6.07) is 11.0. The average molecular weight is 282 g/mol. The van der Waals surface area contributed by atoms with Crippen molar-refractivity contribution in [2.45, 2.75) is 13.3 Å². The molecule has 0 atom stereocenters. The lowest BCUT2D eigenvalue weighted by Crippen LogP contribution is -1.92. The highest BCUT2D eigenvalue weighted by Crippen LogP contribution is 2.35. The van der Waals surface area contributed by atoms with Crippen molar-refractivity contribution in [2.75, 3.05) is 5.73 Å². The van der Waals surface area contributed by atoms with Crippen molar-refractivity contribution < 1.29 is 4.74 Å². The van der Waals surface area contributed by atoms with E-state index in [0.717, 1.165) is 12.2 Å². The highest BCUT2D eigenvalue weighted by atomic mass is 35.5. The first kappa shape index (κ1) is 13.1. The minimum atomic E-state index is 0.419. The number of rotatable bonds is 3. The fourth-order valence-corrected chi connectivity index (χ4v) is 1.88. The summed E-state index contributed by atoms with van der Waals surface area (Å²) in [5, 5.41) is 0.842. The van der Waals surface area contributed by atoms with Gasteiger partial charge in [0.1, 0.15) is 5.75 Å². The molecule has 0 aliphatic carbocycles. The summed E-state index contributed by atoms with van der Waals surface area (Å²) in [4.78, 5) is 0. The molecule has 0 fully saturated rings. The second-order valence-corrected chi connectivity index (χ2v) is 4.72. The van der Waals surface area contributed by atoms with Crippen LogP contribution in [0.4, 0.5) is 5.69 Å². The summed E-state index contributed by atoms with van der Waals surface area (Å²) >= 11 is 11.8. The molecule has 0 aliphatic rings. The van der Waals surface area contributed by atoms with Crippen molar-refractivity contribution in [1.82, 2.24) is 0 Å². The second-order valence-electron chi connectivity index (χ2n) is 3.90. The van der Waals surface area contributed by atoms with Gasteiger partial charge in [-0.25, -0.2) is 0 Å². The van der Waals surface area contributed by atoms with Crippen LogP contribution in [0.5, 0.6) is 11.5 Å². The zero-order valence-electron chi connectivity index (χ0n) is 9.91. The van der Waals surface area contributed by atoms with Gasteiger partial charge in [0.05, 0.1) is 15.7 Å². The van der Waals surface area contributed by atoms with E-state index in [-0.39, 0.29) is 0 Å². The average Bonchev–Trinajstić information content (AvgIpc) is 2.37. The molecule has 0 amide bonds. The number of hydrogen-bond donors (Lipinski definition) is 1. The molecule has 18 heavy (non-hydrogen) atoms. The summed E-state index contributed by atoms with van der Waals surface area (Å²) < 4.78 is 5.68. The second kappa shape index (κ2) is 5.51. The fourth-order valence-electron chi connectivity index (χ4n) is 1.55. The van der Waals surface area contributed by atoms with Crippen LogP contribution >= 0.6 is 23.2 Å². The predicted molar refractivity (Wildman–Crippen MR) is 76.8 cm³/mol. The third-order valence-corrected chi connectivity index (χ3v) is 3.33. The molecule has 0 heterocycles. The highest BCUT2D eigenvalue weighted by Gasteiger charge is 2.07. The Morgan fingerprint density at radius 2 is 1.67 bits per heavy atom. The van der Waals surface area contributed by atoms with Crippen molar-refractivity contribution in [1.29, 1.82) is 0 Å². The smallest absolute Gasteiger partial charge is 0.151 e. The summed E-state index contributed by atoms with van der Waals surface area (Å²) in [7, 11) is 0. The Morgan fingerprint density at radius 3 is 2.28 bits per heavy atom. The molecule has 4 heteroatoms. The van der Waals surface area contributed by atoms with E-state index < -0.39 is 0 Å². The van der Waals surface area contributed by atoms with Gasteiger partial charge in [-0.05, 0) is 30.2 Å². The molecule has 0 saturated heterocycles. The van der Waals surface area contributed by atoms with Crippen LogP contribution < -0.4 is 10.5 Å². The van der Waals surface area contributed by atoms with Crippen LogP contribution in [0.2, 0.25) is 10.0 Å². The Kier molecular flexibility index (Phi) is 4.00. The van der Waals surface area contributed by atoms with E-state index in [4.69, 9.17) is 33.7 Å². The number of aryl methyl sites for hydroxylation is 1. The third-order valence-electron chi connectivity index (χ3n) is 2.61. The lowest BCUT2D eigenvalue weighted by Gasteiger charge is -2.10. The Hall–Kier alpha value is -1.38. The van der Waals surface area contributed by atoms with E-state index in [2.05, 4.69) is 6.92 Å². The van der Waals surface area contributed by atoms with Crippen LogP contribution in [0.1, 0.15) is 12.5 Å². The van der Waals surface area contributed by atoms with Gasteiger partial charge in [0.2, 0.25) is 0 Å². The van der Waals surface area contributed by atoms with E-state index >= 15 is 0 Å². The van der Waals surface area contributed by atoms with Gasteiger partial charge >= 0.3 is 0 Å². The molecule has 2 rings (SSSR count). The summed E-state index contributed by atoms with van der Waals surface area (Å²) in [6.45, 7) is 2.10. The molecule has 0 saturated carbocycles. The van der Waals surface area contributed by atoms with Gasteiger partial charge < -0.3 is 10.5 Å². The maximum atomic E-state index is 5.93. The van der Waals surface area contributed by atoms with Gasteiger partial charge in [0.15, 0.2) is 5.75 Å². The van der Waals surface area contributed by atoms with Crippen LogP contribution in [0.25, 0.3) is 0 Å². The number of halogens is 2. The number of hydrogen-bond acceptors (Lipinski definition) is 2. The van der Waals surface area contributed by atoms with Crippen LogP contribution in [0, 0.1) is 0 Å². The first-order valence-electron chi connectivity index (χ1n) is 5.61. The molecule has 0 aliphatic heterocycles. The number of nitrogen functional groups attached to an aromatic ring is 1. The van der Waals surface area contributed by atoms with E-state index in [1.165, 1.54) is 5.56 Å². The summed E-state index contributed by atoms with van der Waals surface area (Å²) in [5.74, 6) is 1.23. The molecule has 0 unspecified atom stereocenters. The lowest BCUT2D eigenvalue weighted by molar-refractivity contribution is 0.485. The van der Waals surface area contributed by atoms with E-state index in [0.29, 0.717) is 21.5 Å². The molecule has 94 valence electrons. The molecule has 0 radical (unpaired) electrons. The van der Waals surface area contributed by atoms with E-state index in [1.807, 2.05) is 24.3 Å². The molecule has 2 aromatic rings. The SMILES string of the molecule is CCc1ccc(Oc2cc(Cl)c(Cl)cc2N)cc1. The van der Waals surface area contributed by atoms with E-state index in [9.17, 15) is 0 Å². The maximum Gasteiger partial charge on any atom is 0.151 e. The minimum absolute atomic E-state index is 0.419. The van der Waals surface area contributed by atoms with Crippen LogP contribution in [-0.4, -0.2) is 0 Å². The van der Waals surface area contributed by atoms with Crippen molar-refractivity contribution in [3.63, 3.8) is 0 Å².